The van der Waals surface area contributed by atoms with Gasteiger partial charge in [0, 0.05) is 18.4 Å². The molecule has 3 heteroatoms. The fraction of sp³-hybridized carbons (Fsp3) is 0.133. The minimum absolute atomic E-state index is 0.247. The van der Waals surface area contributed by atoms with Crippen molar-refractivity contribution in [1.82, 2.24) is 0 Å². The van der Waals surface area contributed by atoms with Crippen LogP contribution >= 0.6 is 0 Å². The van der Waals surface area contributed by atoms with E-state index in [-0.39, 0.29) is 5.82 Å². The summed E-state index contributed by atoms with van der Waals surface area (Å²) in [5.41, 5.74) is 3.48. The number of benzene rings is 2. The van der Waals surface area contributed by atoms with Crippen LogP contribution < -0.4 is 4.90 Å². The standard InChI is InChI=1S/C15H13FN2/c1-11-9-15(6-3-12(11)10-17)18(2)14-7-4-13(16)5-8-14/h3-9H,1-2H3. The molecule has 0 heterocycles. The van der Waals surface area contributed by atoms with Crippen molar-refractivity contribution in [3.8, 4) is 6.07 Å². The zero-order valence-electron chi connectivity index (χ0n) is 10.3. The van der Waals surface area contributed by atoms with Crippen LogP contribution in [0.4, 0.5) is 15.8 Å². The van der Waals surface area contributed by atoms with Crippen LogP contribution in [-0.2, 0) is 0 Å². The normalized spacial score (nSPS) is 9.89. The number of hydrogen-bond acceptors (Lipinski definition) is 2. The summed E-state index contributed by atoms with van der Waals surface area (Å²) in [5.74, 6) is -0.247. The minimum atomic E-state index is -0.247. The molecule has 0 saturated carbocycles. The molecule has 2 nitrogen and oxygen atoms in total. The molecule has 0 aliphatic heterocycles. The van der Waals surface area contributed by atoms with Crippen molar-refractivity contribution in [3.05, 3.63) is 59.4 Å². The van der Waals surface area contributed by atoms with E-state index in [0.29, 0.717) is 5.56 Å². The van der Waals surface area contributed by atoms with E-state index in [1.54, 1.807) is 18.2 Å². The molecule has 0 spiro atoms. The Labute approximate surface area is 106 Å². The van der Waals surface area contributed by atoms with Crippen LogP contribution in [-0.4, -0.2) is 7.05 Å². The molecule has 2 aromatic carbocycles. The Bertz CT molecular complexity index is 597. The molecule has 18 heavy (non-hydrogen) atoms. The third-order valence-electron chi connectivity index (χ3n) is 2.93. The van der Waals surface area contributed by atoms with Gasteiger partial charge >= 0.3 is 0 Å². The first-order valence-electron chi connectivity index (χ1n) is 5.62. The van der Waals surface area contributed by atoms with Gasteiger partial charge in [0.05, 0.1) is 11.6 Å². The molecule has 0 aliphatic rings. The van der Waals surface area contributed by atoms with Gasteiger partial charge in [0.1, 0.15) is 5.82 Å². The Kier molecular flexibility index (Phi) is 3.29. The lowest BCUT2D eigenvalue weighted by Crippen LogP contribution is -2.09. The fourth-order valence-corrected chi connectivity index (χ4v) is 1.80. The second-order valence-electron chi connectivity index (χ2n) is 4.15. The highest BCUT2D eigenvalue weighted by Crippen LogP contribution is 2.25. The summed E-state index contributed by atoms with van der Waals surface area (Å²) in [6, 6.07) is 14.1. The highest BCUT2D eigenvalue weighted by molar-refractivity contribution is 5.64. The van der Waals surface area contributed by atoms with E-state index in [1.807, 2.05) is 31.0 Å². The number of nitrogens with zero attached hydrogens (tertiary/aromatic N) is 2. The predicted octanol–water partition coefficient (Wildman–Crippen LogP) is 3.77. The van der Waals surface area contributed by atoms with Gasteiger partial charge < -0.3 is 4.90 Å². The van der Waals surface area contributed by atoms with Crippen LogP contribution in [0.1, 0.15) is 11.1 Å². The molecule has 0 radical (unpaired) electrons. The van der Waals surface area contributed by atoms with Gasteiger partial charge in [-0.25, -0.2) is 4.39 Å². The summed E-state index contributed by atoms with van der Waals surface area (Å²) in [6.07, 6.45) is 0. The molecule has 2 rings (SSSR count). The molecule has 0 saturated heterocycles. The average molecular weight is 240 g/mol. The monoisotopic (exact) mass is 240 g/mol. The van der Waals surface area contributed by atoms with Crippen LogP contribution in [0.5, 0.6) is 0 Å². The Morgan fingerprint density at radius 3 is 2.22 bits per heavy atom. The molecule has 90 valence electrons. The van der Waals surface area contributed by atoms with E-state index in [0.717, 1.165) is 16.9 Å². The molecule has 0 atom stereocenters. The van der Waals surface area contributed by atoms with E-state index in [9.17, 15) is 4.39 Å². The highest BCUT2D eigenvalue weighted by Gasteiger charge is 2.06. The zero-order valence-corrected chi connectivity index (χ0v) is 10.3. The third kappa shape index (κ3) is 2.33. The molecule has 0 amide bonds. The third-order valence-corrected chi connectivity index (χ3v) is 2.93. The van der Waals surface area contributed by atoms with Crippen molar-refractivity contribution in [2.75, 3.05) is 11.9 Å². The largest absolute Gasteiger partial charge is 0.345 e. The zero-order chi connectivity index (χ0) is 13.1. The fourth-order valence-electron chi connectivity index (χ4n) is 1.80. The molecule has 0 N–H and O–H groups in total. The minimum Gasteiger partial charge on any atom is -0.345 e. The maximum atomic E-state index is 12.9. The highest BCUT2D eigenvalue weighted by atomic mass is 19.1. The maximum Gasteiger partial charge on any atom is 0.123 e. The van der Waals surface area contributed by atoms with Crippen molar-refractivity contribution in [1.29, 1.82) is 5.26 Å². The van der Waals surface area contributed by atoms with Crippen LogP contribution in [0, 0.1) is 24.1 Å². The van der Waals surface area contributed by atoms with Crippen LogP contribution in [0.15, 0.2) is 42.5 Å². The summed E-state index contributed by atoms with van der Waals surface area (Å²) in [4.78, 5) is 1.95. The van der Waals surface area contributed by atoms with Crippen molar-refractivity contribution >= 4 is 11.4 Å². The molecule has 0 bridgehead atoms. The summed E-state index contributed by atoms with van der Waals surface area (Å²) >= 11 is 0. The van der Waals surface area contributed by atoms with E-state index in [2.05, 4.69) is 6.07 Å². The van der Waals surface area contributed by atoms with Crippen LogP contribution in [0.25, 0.3) is 0 Å². The summed E-state index contributed by atoms with van der Waals surface area (Å²) in [7, 11) is 1.91. The Morgan fingerprint density at radius 2 is 1.67 bits per heavy atom. The van der Waals surface area contributed by atoms with Crippen LogP contribution in [0.3, 0.4) is 0 Å². The van der Waals surface area contributed by atoms with Crippen molar-refractivity contribution in [3.63, 3.8) is 0 Å². The van der Waals surface area contributed by atoms with Gasteiger partial charge in [0.15, 0.2) is 0 Å². The average Bonchev–Trinajstić information content (AvgIpc) is 2.38. The van der Waals surface area contributed by atoms with E-state index in [4.69, 9.17) is 5.26 Å². The number of nitriles is 1. The molecular weight excluding hydrogens is 227 g/mol. The first kappa shape index (κ1) is 12.1. The van der Waals surface area contributed by atoms with Gasteiger partial charge in [-0.3, -0.25) is 0 Å². The van der Waals surface area contributed by atoms with Crippen molar-refractivity contribution in [2.45, 2.75) is 6.92 Å². The lowest BCUT2D eigenvalue weighted by Gasteiger charge is -2.20. The SMILES string of the molecule is Cc1cc(N(C)c2ccc(F)cc2)ccc1C#N. The Morgan fingerprint density at radius 1 is 1.06 bits per heavy atom. The van der Waals surface area contributed by atoms with Crippen molar-refractivity contribution < 1.29 is 4.39 Å². The van der Waals surface area contributed by atoms with Gasteiger partial charge in [-0.05, 0) is 55.0 Å². The predicted molar refractivity (Wildman–Crippen MR) is 70.4 cm³/mol. The maximum absolute atomic E-state index is 12.9. The molecule has 0 aliphatic carbocycles. The van der Waals surface area contributed by atoms with Gasteiger partial charge in [-0.2, -0.15) is 5.26 Å². The molecule has 0 fully saturated rings. The second kappa shape index (κ2) is 4.89. The second-order valence-corrected chi connectivity index (χ2v) is 4.15. The van der Waals surface area contributed by atoms with E-state index >= 15 is 0 Å². The van der Waals surface area contributed by atoms with Crippen molar-refractivity contribution in [2.24, 2.45) is 0 Å². The van der Waals surface area contributed by atoms with E-state index in [1.165, 1.54) is 12.1 Å². The van der Waals surface area contributed by atoms with E-state index < -0.39 is 0 Å². The number of aryl methyl sites for hydroxylation is 1. The lowest BCUT2D eigenvalue weighted by atomic mass is 10.1. The first-order valence-corrected chi connectivity index (χ1v) is 5.62. The van der Waals surface area contributed by atoms with Gasteiger partial charge in [0.25, 0.3) is 0 Å². The number of rotatable bonds is 2. The summed E-state index contributed by atoms with van der Waals surface area (Å²) < 4.78 is 12.9. The lowest BCUT2D eigenvalue weighted by molar-refractivity contribution is 0.628. The molecule has 0 unspecified atom stereocenters. The number of anilines is 2. The summed E-state index contributed by atoms with van der Waals surface area (Å²) in [5, 5.41) is 8.89. The summed E-state index contributed by atoms with van der Waals surface area (Å²) in [6.45, 7) is 1.90. The topological polar surface area (TPSA) is 27.0 Å². The molecule has 2 aromatic rings. The van der Waals surface area contributed by atoms with Gasteiger partial charge in [-0.1, -0.05) is 0 Å². The van der Waals surface area contributed by atoms with Gasteiger partial charge in [0.2, 0.25) is 0 Å². The Hall–Kier alpha value is -2.34. The smallest absolute Gasteiger partial charge is 0.123 e. The number of hydrogen-bond donors (Lipinski definition) is 0. The quantitative estimate of drug-likeness (QED) is 0.798. The molecular formula is C15H13FN2. The van der Waals surface area contributed by atoms with Gasteiger partial charge in [-0.15, -0.1) is 0 Å². The Balaban J connectivity index is 2.34. The van der Waals surface area contributed by atoms with Crippen LogP contribution in [0.2, 0.25) is 0 Å². The number of halogens is 1. The first-order chi connectivity index (χ1) is 8.61. The molecule has 0 aromatic heterocycles.